The third-order valence-corrected chi connectivity index (χ3v) is 6.01. The minimum absolute atomic E-state index is 0.141. The van der Waals surface area contributed by atoms with Gasteiger partial charge < -0.3 is 10.6 Å². The van der Waals surface area contributed by atoms with Gasteiger partial charge in [-0.3, -0.25) is 14.2 Å². The molecule has 156 valence electrons. The minimum atomic E-state index is -0.155. The summed E-state index contributed by atoms with van der Waals surface area (Å²) in [6.07, 6.45) is 0. The number of rotatable bonds is 7. The molecule has 0 radical (unpaired) electrons. The molecule has 2 N–H and O–H groups in total. The summed E-state index contributed by atoms with van der Waals surface area (Å²) in [5.74, 6) is 0.635. The molecule has 0 aliphatic carbocycles. The van der Waals surface area contributed by atoms with Crippen LogP contribution in [0.1, 0.15) is 6.92 Å². The van der Waals surface area contributed by atoms with Gasteiger partial charge in [-0.2, -0.15) is 0 Å². The largest absolute Gasteiger partial charge is 0.326 e. The van der Waals surface area contributed by atoms with Crippen molar-refractivity contribution in [3.8, 4) is 16.4 Å². The van der Waals surface area contributed by atoms with Crippen LogP contribution in [0.5, 0.6) is 0 Å². The quantitative estimate of drug-likeness (QED) is 0.400. The van der Waals surface area contributed by atoms with Crippen LogP contribution in [0.4, 0.5) is 11.4 Å². The van der Waals surface area contributed by atoms with Crippen molar-refractivity contribution in [3.63, 3.8) is 0 Å². The highest BCUT2D eigenvalue weighted by atomic mass is 32.2. The maximum atomic E-state index is 12.5. The number of carbonyl (C=O) groups is 2. The second kappa shape index (κ2) is 9.59. The molecule has 2 aromatic heterocycles. The molecule has 2 amide bonds. The molecule has 4 aromatic rings. The molecule has 2 heterocycles. The van der Waals surface area contributed by atoms with E-state index in [0.29, 0.717) is 16.5 Å². The Morgan fingerprint density at radius 3 is 2.29 bits per heavy atom. The fraction of sp³-hybridized carbons (Fsp3) is 0.0909. The number of benzene rings is 2. The fourth-order valence-corrected chi connectivity index (χ4v) is 4.36. The molecule has 4 rings (SSSR count). The third-order valence-electron chi connectivity index (χ3n) is 4.21. The predicted molar refractivity (Wildman–Crippen MR) is 125 cm³/mol. The Balaban J connectivity index is 1.47. The zero-order chi connectivity index (χ0) is 21.6. The van der Waals surface area contributed by atoms with E-state index in [1.165, 1.54) is 18.7 Å². The molecule has 0 aliphatic heterocycles. The van der Waals surface area contributed by atoms with Crippen molar-refractivity contribution in [1.82, 2.24) is 14.8 Å². The lowest BCUT2D eigenvalue weighted by atomic mass is 10.3. The molecule has 0 bridgehead atoms. The van der Waals surface area contributed by atoms with E-state index in [1.807, 2.05) is 52.4 Å². The molecular weight excluding hydrogens is 430 g/mol. The van der Waals surface area contributed by atoms with Crippen molar-refractivity contribution in [2.45, 2.75) is 12.1 Å². The summed E-state index contributed by atoms with van der Waals surface area (Å²) >= 11 is 2.91. The molecule has 2 aromatic carbocycles. The Kier molecular flexibility index (Phi) is 6.44. The van der Waals surface area contributed by atoms with Crippen molar-refractivity contribution >= 4 is 46.3 Å². The van der Waals surface area contributed by atoms with E-state index in [2.05, 4.69) is 20.8 Å². The average molecular weight is 450 g/mol. The van der Waals surface area contributed by atoms with Crippen LogP contribution in [-0.4, -0.2) is 32.3 Å². The Bertz CT molecular complexity index is 1170. The van der Waals surface area contributed by atoms with Gasteiger partial charge in [0.15, 0.2) is 11.0 Å². The Labute approximate surface area is 187 Å². The number of anilines is 2. The summed E-state index contributed by atoms with van der Waals surface area (Å²) in [5.41, 5.74) is 2.27. The van der Waals surface area contributed by atoms with E-state index < -0.39 is 0 Å². The summed E-state index contributed by atoms with van der Waals surface area (Å²) in [6.45, 7) is 1.45. The van der Waals surface area contributed by atoms with E-state index in [1.54, 1.807) is 35.6 Å². The number of nitrogens with zero attached hydrogens (tertiary/aromatic N) is 3. The molecule has 7 nitrogen and oxygen atoms in total. The van der Waals surface area contributed by atoms with Crippen LogP contribution in [0.3, 0.4) is 0 Å². The first-order valence-corrected chi connectivity index (χ1v) is 11.3. The highest BCUT2D eigenvalue weighted by Crippen LogP contribution is 2.30. The first-order chi connectivity index (χ1) is 15.1. The minimum Gasteiger partial charge on any atom is -0.326 e. The second-order valence-corrected chi connectivity index (χ2v) is 8.44. The maximum Gasteiger partial charge on any atom is 0.234 e. The Morgan fingerprint density at radius 1 is 0.935 bits per heavy atom. The van der Waals surface area contributed by atoms with Crippen LogP contribution in [0.25, 0.3) is 16.4 Å². The zero-order valence-electron chi connectivity index (χ0n) is 16.6. The first-order valence-electron chi connectivity index (χ1n) is 9.45. The van der Waals surface area contributed by atoms with Crippen molar-refractivity contribution in [2.24, 2.45) is 0 Å². The fourth-order valence-electron chi connectivity index (χ4n) is 2.91. The molecular formula is C22H19N5O2S2. The molecule has 0 saturated heterocycles. The summed E-state index contributed by atoms with van der Waals surface area (Å²) < 4.78 is 1.96. The number of thioether (sulfide) groups is 1. The lowest BCUT2D eigenvalue weighted by molar-refractivity contribution is -0.114. The monoisotopic (exact) mass is 449 g/mol. The van der Waals surface area contributed by atoms with Gasteiger partial charge in [0.2, 0.25) is 11.8 Å². The maximum absolute atomic E-state index is 12.5. The van der Waals surface area contributed by atoms with E-state index in [-0.39, 0.29) is 17.6 Å². The number of aromatic nitrogens is 3. The molecule has 0 fully saturated rings. The lowest BCUT2D eigenvalue weighted by Crippen LogP contribution is -2.14. The second-order valence-electron chi connectivity index (χ2n) is 6.55. The van der Waals surface area contributed by atoms with Gasteiger partial charge in [0.1, 0.15) is 0 Å². The zero-order valence-corrected chi connectivity index (χ0v) is 18.2. The number of hydrogen-bond donors (Lipinski definition) is 2. The number of para-hydroxylation sites is 1. The van der Waals surface area contributed by atoms with Gasteiger partial charge in [-0.1, -0.05) is 36.0 Å². The van der Waals surface area contributed by atoms with Gasteiger partial charge in [-0.25, -0.2) is 0 Å². The van der Waals surface area contributed by atoms with Gasteiger partial charge in [0.25, 0.3) is 0 Å². The standard InChI is InChI=1S/C22H19N5O2S2/c1-15(28)23-16-9-11-17(12-10-16)24-20(29)14-31-22-26-25-21(19-8-5-13-30-19)27(22)18-6-3-2-4-7-18/h2-13H,14H2,1H3,(H,23,28)(H,24,29). The Morgan fingerprint density at radius 2 is 1.65 bits per heavy atom. The van der Waals surface area contributed by atoms with Crippen LogP contribution < -0.4 is 10.6 Å². The smallest absolute Gasteiger partial charge is 0.234 e. The molecule has 0 saturated carbocycles. The molecule has 0 spiro atoms. The van der Waals surface area contributed by atoms with Crippen molar-refractivity contribution in [1.29, 1.82) is 0 Å². The molecule has 0 atom stereocenters. The first kappa shape index (κ1) is 20.8. The van der Waals surface area contributed by atoms with Crippen molar-refractivity contribution < 1.29 is 9.59 Å². The lowest BCUT2D eigenvalue weighted by Gasteiger charge is -2.10. The van der Waals surface area contributed by atoms with E-state index in [9.17, 15) is 9.59 Å². The molecule has 0 unspecified atom stereocenters. The van der Waals surface area contributed by atoms with E-state index in [0.717, 1.165) is 16.4 Å². The number of nitrogens with one attached hydrogen (secondary N) is 2. The highest BCUT2D eigenvalue weighted by Gasteiger charge is 2.17. The van der Waals surface area contributed by atoms with Crippen molar-refractivity contribution in [2.75, 3.05) is 16.4 Å². The van der Waals surface area contributed by atoms with Gasteiger partial charge in [0, 0.05) is 24.0 Å². The average Bonchev–Trinajstić information content (AvgIpc) is 3.43. The van der Waals surface area contributed by atoms with E-state index in [4.69, 9.17) is 0 Å². The highest BCUT2D eigenvalue weighted by molar-refractivity contribution is 7.99. The molecule has 31 heavy (non-hydrogen) atoms. The van der Waals surface area contributed by atoms with Gasteiger partial charge >= 0.3 is 0 Å². The number of thiophene rings is 1. The summed E-state index contributed by atoms with van der Waals surface area (Å²) in [4.78, 5) is 24.6. The van der Waals surface area contributed by atoms with Crippen LogP contribution in [0.2, 0.25) is 0 Å². The molecule has 9 heteroatoms. The van der Waals surface area contributed by atoms with Crippen LogP contribution in [0, 0.1) is 0 Å². The molecule has 0 aliphatic rings. The normalized spacial score (nSPS) is 10.6. The van der Waals surface area contributed by atoms with Gasteiger partial charge in [-0.15, -0.1) is 21.5 Å². The van der Waals surface area contributed by atoms with Gasteiger partial charge in [-0.05, 0) is 47.8 Å². The van der Waals surface area contributed by atoms with Crippen LogP contribution >= 0.6 is 23.1 Å². The van der Waals surface area contributed by atoms with Crippen LogP contribution in [-0.2, 0) is 9.59 Å². The number of hydrogen-bond acceptors (Lipinski definition) is 6. The summed E-state index contributed by atoms with van der Waals surface area (Å²) in [7, 11) is 0. The van der Waals surface area contributed by atoms with Gasteiger partial charge in [0.05, 0.1) is 10.6 Å². The topological polar surface area (TPSA) is 88.9 Å². The summed E-state index contributed by atoms with van der Waals surface area (Å²) in [5, 5.41) is 16.9. The van der Waals surface area contributed by atoms with Crippen LogP contribution in [0.15, 0.2) is 77.3 Å². The third kappa shape index (κ3) is 5.19. The predicted octanol–water partition coefficient (Wildman–Crippen LogP) is 4.69. The number of carbonyl (C=O) groups excluding carboxylic acids is 2. The summed E-state index contributed by atoms with van der Waals surface area (Å²) in [6, 6.07) is 20.8. The van der Waals surface area contributed by atoms with E-state index >= 15 is 0 Å². The Hall–Kier alpha value is -3.43. The SMILES string of the molecule is CC(=O)Nc1ccc(NC(=O)CSc2nnc(-c3cccs3)n2-c2ccccc2)cc1. The number of amides is 2. The van der Waals surface area contributed by atoms with Crippen molar-refractivity contribution in [3.05, 3.63) is 72.1 Å².